The van der Waals surface area contributed by atoms with E-state index in [1.54, 1.807) is 0 Å². The summed E-state index contributed by atoms with van der Waals surface area (Å²) < 4.78 is 15.2. The number of nitrogens with one attached hydrogen (secondary N) is 1. The number of aromatic nitrogens is 4. The Kier molecular flexibility index (Phi) is 9.82. The molecule has 0 fully saturated rings. The minimum Gasteiger partial charge on any atom is -0.358 e. The van der Waals surface area contributed by atoms with Crippen LogP contribution in [0.2, 0.25) is 0 Å². The van der Waals surface area contributed by atoms with E-state index >= 15 is 0 Å². The van der Waals surface area contributed by atoms with E-state index in [1.807, 2.05) is 36.9 Å². The second-order valence-corrected chi connectivity index (χ2v) is 7.00. The van der Waals surface area contributed by atoms with E-state index < -0.39 is 0 Å². The van der Waals surface area contributed by atoms with Crippen molar-refractivity contribution < 1.29 is 35.5 Å². The Morgan fingerprint density at radius 2 is 1.72 bits per heavy atom. The van der Waals surface area contributed by atoms with Gasteiger partial charge in [0, 0.05) is 49.4 Å². The number of nitrogens with zero attached hydrogens (tertiary/aromatic N) is 3. The SMILES string of the molecule is CC1=Cc2[nH]c(C)nc2C=C(F)C1.Cc1ccc(Cn2nccc2C)cc1.[CH3-].[U]. The van der Waals surface area contributed by atoms with Gasteiger partial charge in [-0.1, -0.05) is 35.4 Å². The number of hydrogen-bond donors (Lipinski definition) is 1. The molecule has 0 saturated heterocycles. The molecule has 0 bridgehead atoms. The van der Waals surface area contributed by atoms with Crippen LogP contribution in [0, 0.1) is 59.3 Å². The van der Waals surface area contributed by atoms with Crippen LogP contribution < -0.4 is 0 Å². The fraction of sp³-hybridized carbons (Fsp3) is 0.261. The monoisotopic (exact) mass is 617 g/mol. The van der Waals surface area contributed by atoms with Gasteiger partial charge in [0.25, 0.3) is 0 Å². The van der Waals surface area contributed by atoms with Gasteiger partial charge in [-0.15, -0.1) is 0 Å². The first-order chi connectivity index (χ1) is 12.9. The molecule has 1 N–H and O–H groups in total. The first kappa shape index (κ1) is 25.1. The minimum absolute atomic E-state index is 0. The molecule has 4 nitrogen and oxygen atoms in total. The molecule has 0 atom stereocenters. The molecule has 3 aromatic rings. The van der Waals surface area contributed by atoms with Gasteiger partial charge in [-0.25, -0.2) is 9.37 Å². The van der Waals surface area contributed by atoms with Crippen LogP contribution in [0.4, 0.5) is 4.39 Å². The smallest absolute Gasteiger partial charge is 0.106 e. The van der Waals surface area contributed by atoms with Gasteiger partial charge in [-0.2, -0.15) is 5.10 Å². The Bertz CT molecular complexity index is 945. The van der Waals surface area contributed by atoms with E-state index in [0.29, 0.717) is 12.1 Å². The van der Waals surface area contributed by atoms with Gasteiger partial charge in [0.05, 0.1) is 17.9 Å². The molecule has 0 aliphatic heterocycles. The predicted octanol–water partition coefficient (Wildman–Crippen LogP) is 5.83. The van der Waals surface area contributed by atoms with Gasteiger partial charge >= 0.3 is 0 Å². The van der Waals surface area contributed by atoms with E-state index in [0.717, 1.165) is 23.6 Å². The summed E-state index contributed by atoms with van der Waals surface area (Å²) in [5.74, 6) is 0.694. The maximum atomic E-state index is 13.1. The predicted molar refractivity (Wildman–Crippen MR) is 114 cm³/mol. The van der Waals surface area contributed by atoms with Crippen LogP contribution in [-0.2, 0) is 6.54 Å². The number of H-pyrrole nitrogens is 1. The number of aryl methyl sites for hydroxylation is 3. The molecule has 4 rings (SSSR count). The zero-order valence-electron chi connectivity index (χ0n) is 17.8. The topological polar surface area (TPSA) is 46.5 Å². The van der Waals surface area contributed by atoms with Crippen LogP contribution in [0.25, 0.3) is 12.2 Å². The number of benzene rings is 1. The van der Waals surface area contributed by atoms with Crippen LogP contribution >= 0.6 is 0 Å². The summed E-state index contributed by atoms with van der Waals surface area (Å²) in [6, 6.07) is 10.6. The summed E-state index contributed by atoms with van der Waals surface area (Å²) in [6.07, 6.45) is 5.66. The molecule has 0 unspecified atom stereocenters. The molecule has 0 saturated carbocycles. The summed E-state index contributed by atoms with van der Waals surface area (Å²) in [4.78, 5) is 7.27. The van der Waals surface area contributed by atoms with E-state index in [4.69, 9.17) is 0 Å². The summed E-state index contributed by atoms with van der Waals surface area (Å²) >= 11 is 0. The minimum atomic E-state index is -0.126. The molecular weight excluding hydrogens is 589 g/mol. The van der Waals surface area contributed by atoms with Crippen LogP contribution in [0.15, 0.2) is 47.9 Å². The number of hydrogen-bond acceptors (Lipinski definition) is 2. The van der Waals surface area contributed by atoms with E-state index in [1.165, 1.54) is 22.9 Å². The fourth-order valence-electron chi connectivity index (χ4n) is 2.94. The van der Waals surface area contributed by atoms with Gasteiger partial charge in [-0.05, 0) is 51.5 Å². The molecule has 152 valence electrons. The van der Waals surface area contributed by atoms with E-state index in [9.17, 15) is 4.39 Å². The molecule has 1 aromatic carbocycles. The van der Waals surface area contributed by atoms with Crippen molar-refractivity contribution in [3.63, 3.8) is 0 Å². The standard InChI is InChI=1S/C12H14N2.C10H11FN2.CH3.U/c1-10-3-5-12(6-4-10)9-14-11(2)7-8-13-14;1-6-3-8(11)5-10-9(4-6)12-7(2)13-10;;/h3-8H,9H2,1-2H3;4-5H,3H2,1-2H3,(H,12,13);1H3;/q;;-1;. The summed E-state index contributed by atoms with van der Waals surface area (Å²) in [7, 11) is 0. The van der Waals surface area contributed by atoms with Crippen molar-refractivity contribution in [1.29, 1.82) is 0 Å². The molecule has 29 heavy (non-hydrogen) atoms. The number of rotatable bonds is 2. The third-order valence-electron chi connectivity index (χ3n) is 4.39. The van der Waals surface area contributed by atoms with Gasteiger partial charge in [-0.3, -0.25) is 4.68 Å². The van der Waals surface area contributed by atoms with Crippen molar-refractivity contribution in [3.8, 4) is 0 Å². The Morgan fingerprint density at radius 1 is 1.03 bits per heavy atom. The van der Waals surface area contributed by atoms with Crippen LogP contribution in [-0.4, -0.2) is 19.7 Å². The number of halogens is 1. The van der Waals surface area contributed by atoms with E-state index in [2.05, 4.69) is 53.2 Å². The third kappa shape index (κ3) is 7.13. The van der Waals surface area contributed by atoms with Crippen LogP contribution in [0.3, 0.4) is 0 Å². The van der Waals surface area contributed by atoms with Gasteiger partial charge < -0.3 is 12.4 Å². The normalized spacial score (nSPS) is 12.2. The van der Waals surface area contributed by atoms with Crippen LogP contribution in [0.5, 0.6) is 0 Å². The zero-order chi connectivity index (χ0) is 19.4. The summed E-state index contributed by atoms with van der Waals surface area (Å²) in [5.41, 5.74) is 6.41. The molecular formula is C23H28FN4U-. The Morgan fingerprint density at radius 3 is 2.34 bits per heavy atom. The quantitative estimate of drug-likeness (QED) is 0.368. The average Bonchev–Trinajstić information content (AvgIpc) is 3.12. The number of fused-ring (bicyclic) bond motifs is 1. The zero-order valence-corrected chi connectivity index (χ0v) is 21.9. The van der Waals surface area contributed by atoms with Gasteiger partial charge in [0.15, 0.2) is 0 Å². The fourth-order valence-corrected chi connectivity index (χ4v) is 2.94. The summed E-state index contributed by atoms with van der Waals surface area (Å²) in [5, 5.41) is 4.25. The number of aromatic amines is 1. The second-order valence-electron chi connectivity index (χ2n) is 7.00. The second kappa shape index (κ2) is 11.3. The summed E-state index contributed by atoms with van der Waals surface area (Å²) in [6.45, 7) is 8.81. The van der Waals surface area contributed by atoms with E-state index in [-0.39, 0.29) is 44.4 Å². The molecule has 2 aromatic heterocycles. The van der Waals surface area contributed by atoms with Crippen molar-refractivity contribution in [2.75, 3.05) is 0 Å². The van der Waals surface area contributed by atoms with Crippen molar-refractivity contribution in [3.05, 3.63) is 89.4 Å². The van der Waals surface area contributed by atoms with Gasteiger partial charge in [0.2, 0.25) is 0 Å². The molecule has 2 heterocycles. The van der Waals surface area contributed by atoms with Crippen molar-refractivity contribution in [1.82, 2.24) is 19.7 Å². The molecule has 0 amide bonds. The molecule has 0 radical (unpaired) electrons. The Labute approximate surface area is 196 Å². The van der Waals surface area contributed by atoms with Crippen molar-refractivity contribution in [2.24, 2.45) is 0 Å². The average molecular weight is 618 g/mol. The molecule has 6 heteroatoms. The van der Waals surface area contributed by atoms with Gasteiger partial charge in [0.1, 0.15) is 11.7 Å². The Balaban J connectivity index is 0.000000272. The first-order valence-corrected chi connectivity index (χ1v) is 9.04. The molecule has 0 spiro atoms. The maximum absolute atomic E-state index is 13.1. The van der Waals surface area contributed by atoms with Crippen molar-refractivity contribution >= 4 is 12.2 Å². The third-order valence-corrected chi connectivity index (χ3v) is 4.39. The first-order valence-electron chi connectivity index (χ1n) is 9.04. The Hall–Kier alpha value is -1.90. The number of imidazole rings is 1. The maximum Gasteiger partial charge on any atom is 0.106 e. The van der Waals surface area contributed by atoms with Crippen LogP contribution in [0.1, 0.15) is 47.4 Å². The van der Waals surface area contributed by atoms with Crippen molar-refractivity contribution in [2.45, 2.75) is 40.7 Å². The molecule has 1 aliphatic carbocycles. The number of allylic oxidation sites excluding steroid dienone is 2. The largest absolute Gasteiger partial charge is 0.358 e. The molecule has 1 aliphatic rings.